The standard InChI is InChI=1S/C13H14N4O4/c1-7-4-5-9(6-10(7)13(18)19)14-12-11(17(20)21)8(2)15-16(12)3/h4-6,14H,1-3H3,(H,18,19). The molecule has 0 fully saturated rings. The number of hydrogen-bond acceptors (Lipinski definition) is 5. The van der Waals surface area contributed by atoms with Gasteiger partial charge in [-0.1, -0.05) is 6.07 Å². The molecule has 0 atom stereocenters. The van der Waals surface area contributed by atoms with Gasteiger partial charge < -0.3 is 10.4 Å². The molecule has 8 nitrogen and oxygen atoms in total. The van der Waals surface area contributed by atoms with Crippen LogP contribution in [0.1, 0.15) is 21.6 Å². The van der Waals surface area contributed by atoms with Crippen molar-refractivity contribution in [3.05, 3.63) is 45.1 Å². The predicted molar refractivity (Wildman–Crippen MR) is 76.0 cm³/mol. The molecular weight excluding hydrogens is 276 g/mol. The Morgan fingerprint density at radius 3 is 2.67 bits per heavy atom. The fourth-order valence-electron chi connectivity index (χ4n) is 2.07. The van der Waals surface area contributed by atoms with Gasteiger partial charge in [-0.25, -0.2) is 9.48 Å². The largest absolute Gasteiger partial charge is 0.478 e. The second-order valence-electron chi connectivity index (χ2n) is 4.62. The fourth-order valence-corrected chi connectivity index (χ4v) is 2.07. The van der Waals surface area contributed by atoms with Crippen LogP contribution in [0.5, 0.6) is 0 Å². The molecule has 1 aromatic carbocycles. The molecule has 0 aliphatic heterocycles. The zero-order chi connectivity index (χ0) is 15.7. The van der Waals surface area contributed by atoms with Gasteiger partial charge in [-0.05, 0) is 31.5 Å². The third kappa shape index (κ3) is 2.69. The highest BCUT2D eigenvalue weighted by Gasteiger charge is 2.24. The zero-order valence-corrected chi connectivity index (χ0v) is 11.7. The lowest BCUT2D eigenvalue weighted by Crippen LogP contribution is -2.04. The minimum Gasteiger partial charge on any atom is -0.478 e. The Morgan fingerprint density at radius 2 is 2.10 bits per heavy atom. The third-order valence-corrected chi connectivity index (χ3v) is 3.10. The van der Waals surface area contributed by atoms with Gasteiger partial charge in [-0.2, -0.15) is 5.10 Å². The Hall–Kier alpha value is -2.90. The zero-order valence-electron chi connectivity index (χ0n) is 11.7. The molecule has 1 heterocycles. The van der Waals surface area contributed by atoms with Crippen molar-refractivity contribution in [1.29, 1.82) is 0 Å². The van der Waals surface area contributed by atoms with Gasteiger partial charge in [-0.3, -0.25) is 10.1 Å². The molecule has 0 aliphatic rings. The number of hydrogen-bond donors (Lipinski definition) is 2. The molecule has 2 rings (SSSR count). The Bertz CT molecular complexity index is 736. The molecule has 8 heteroatoms. The number of benzene rings is 1. The summed E-state index contributed by atoms with van der Waals surface area (Å²) in [7, 11) is 1.58. The molecule has 21 heavy (non-hydrogen) atoms. The summed E-state index contributed by atoms with van der Waals surface area (Å²) in [5.74, 6) is -0.843. The fraction of sp³-hybridized carbons (Fsp3) is 0.231. The van der Waals surface area contributed by atoms with Crippen molar-refractivity contribution < 1.29 is 14.8 Å². The van der Waals surface area contributed by atoms with Crippen LogP contribution >= 0.6 is 0 Å². The molecule has 0 radical (unpaired) electrons. The summed E-state index contributed by atoms with van der Waals surface area (Å²) in [5.41, 5.74) is 1.36. The van der Waals surface area contributed by atoms with E-state index in [0.717, 1.165) is 0 Å². The van der Waals surface area contributed by atoms with Gasteiger partial charge in [0.15, 0.2) is 0 Å². The highest BCUT2D eigenvalue weighted by molar-refractivity contribution is 5.91. The minimum absolute atomic E-state index is 0.130. The number of aryl methyl sites for hydroxylation is 3. The first-order valence-corrected chi connectivity index (χ1v) is 6.10. The van der Waals surface area contributed by atoms with Crippen molar-refractivity contribution in [1.82, 2.24) is 9.78 Å². The minimum atomic E-state index is -1.05. The lowest BCUT2D eigenvalue weighted by Gasteiger charge is -2.08. The number of nitrogens with one attached hydrogen (secondary N) is 1. The van der Waals surface area contributed by atoms with E-state index in [-0.39, 0.29) is 22.8 Å². The molecule has 0 aliphatic carbocycles. The monoisotopic (exact) mass is 290 g/mol. The van der Waals surface area contributed by atoms with Crippen LogP contribution in [-0.2, 0) is 7.05 Å². The summed E-state index contributed by atoms with van der Waals surface area (Å²) in [6.07, 6.45) is 0. The Kier molecular flexibility index (Phi) is 3.62. The van der Waals surface area contributed by atoms with E-state index in [4.69, 9.17) is 5.11 Å². The summed E-state index contributed by atoms with van der Waals surface area (Å²) in [6.45, 7) is 3.23. The van der Waals surface area contributed by atoms with E-state index in [1.54, 1.807) is 33.0 Å². The topological polar surface area (TPSA) is 110 Å². The highest BCUT2D eigenvalue weighted by atomic mass is 16.6. The van der Waals surface area contributed by atoms with E-state index in [1.165, 1.54) is 10.7 Å². The van der Waals surface area contributed by atoms with Gasteiger partial charge in [0.1, 0.15) is 5.69 Å². The molecular formula is C13H14N4O4. The van der Waals surface area contributed by atoms with Gasteiger partial charge in [0.05, 0.1) is 10.5 Å². The smallest absolute Gasteiger partial charge is 0.336 e. The van der Waals surface area contributed by atoms with E-state index in [0.29, 0.717) is 11.3 Å². The number of nitrogens with zero attached hydrogens (tertiary/aromatic N) is 3. The molecule has 1 aromatic heterocycles. The van der Waals surface area contributed by atoms with Crippen molar-refractivity contribution in [2.24, 2.45) is 7.05 Å². The number of carboxylic acids is 1. The summed E-state index contributed by atoms with van der Waals surface area (Å²) in [5, 5.41) is 27.1. The van der Waals surface area contributed by atoms with Crippen molar-refractivity contribution in [3.8, 4) is 0 Å². The van der Waals surface area contributed by atoms with Crippen molar-refractivity contribution in [2.75, 3.05) is 5.32 Å². The summed E-state index contributed by atoms with van der Waals surface area (Å²) in [6, 6.07) is 4.73. The maximum absolute atomic E-state index is 11.1. The molecule has 0 bridgehead atoms. The third-order valence-electron chi connectivity index (χ3n) is 3.10. The maximum atomic E-state index is 11.1. The van der Waals surface area contributed by atoms with E-state index in [2.05, 4.69) is 10.4 Å². The number of anilines is 2. The summed E-state index contributed by atoms with van der Waals surface area (Å²) >= 11 is 0. The summed E-state index contributed by atoms with van der Waals surface area (Å²) in [4.78, 5) is 21.7. The molecule has 0 unspecified atom stereocenters. The lowest BCUT2D eigenvalue weighted by atomic mass is 10.1. The van der Waals surface area contributed by atoms with Gasteiger partial charge in [0.25, 0.3) is 0 Å². The second kappa shape index (κ2) is 5.23. The van der Waals surface area contributed by atoms with Gasteiger partial charge in [0.2, 0.25) is 5.82 Å². The molecule has 0 saturated carbocycles. The first-order valence-electron chi connectivity index (χ1n) is 6.10. The van der Waals surface area contributed by atoms with Crippen LogP contribution in [-0.4, -0.2) is 25.8 Å². The Labute approximate surface area is 120 Å². The van der Waals surface area contributed by atoms with Crippen LogP contribution < -0.4 is 5.32 Å². The predicted octanol–water partition coefficient (Wildman–Crippen LogP) is 2.39. The first-order chi connectivity index (χ1) is 9.81. The molecule has 0 amide bonds. The van der Waals surface area contributed by atoms with Crippen LogP contribution in [0.4, 0.5) is 17.2 Å². The quantitative estimate of drug-likeness (QED) is 0.660. The average Bonchev–Trinajstić information content (AvgIpc) is 2.66. The second-order valence-corrected chi connectivity index (χ2v) is 4.62. The molecule has 2 N–H and O–H groups in total. The number of carbonyl (C=O) groups is 1. The van der Waals surface area contributed by atoms with E-state index in [9.17, 15) is 14.9 Å². The Morgan fingerprint density at radius 1 is 1.43 bits per heavy atom. The maximum Gasteiger partial charge on any atom is 0.336 e. The van der Waals surface area contributed by atoms with Crippen LogP contribution in [0, 0.1) is 24.0 Å². The van der Waals surface area contributed by atoms with Crippen molar-refractivity contribution in [3.63, 3.8) is 0 Å². The highest BCUT2D eigenvalue weighted by Crippen LogP contribution is 2.30. The number of nitro groups is 1. The number of aromatic carboxylic acids is 1. The first kappa shape index (κ1) is 14.5. The van der Waals surface area contributed by atoms with E-state index in [1.807, 2.05) is 0 Å². The number of rotatable bonds is 4. The van der Waals surface area contributed by atoms with Gasteiger partial charge in [-0.15, -0.1) is 0 Å². The van der Waals surface area contributed by atoms with Crippen LogP contribution in [0.3, 0.4) is 0 Å². The Balaban J connectivity index is 2.46. The molecule has 0 spiro atoms. The van der Waals surface area contributed by atoms with E-state index < -0.39 is 10.9 Å². The van der Waals surface area contributed by atoms with Crippen LogP contribution in [0.15, 0.2) is 18.2 Å². The lowest BCUT2D eigenvalue weighted by molar-refractivity contribution is -0.384. The van der Waals surface area contributed by atoms with E-state index >= 15 is 0 Å². The normalized spacial score (nSPS) is 10.4. The van der Waals surface area contributed by atoms with Crippen molar-refractivity contribution in [2.45, 2.75) is 13.8 Å². The summed E-state index contributed by atoms with van der Waals surface area (Å²) < 4.78 is 1.35. The average molecular weight is 290 g/mol. The molecule has 2 aromatic rings. The van der Waals surface area contributed by atoms with Crippen molar-refractivity contribution >= 4 is 23.2 Å². The van der Waals surface area contributed by atoms with Gasteiger partial charge >= 0.3 is 11.7 Å². The number of aromatic nitrogens is 2. The molecule has 0 saturated heterocycles. The number of carboxylic acid groups (broad SMARTS) is 1. The molecule has 110 valence electrons. The SMILES string of the molecule is Cc1ccc(Nc2c([N+](=O)[O-])c(C)nn2C)cc1C(=O)O. The van der Waals surface area contributed by atoms with Crippen LogP contribution in [0.25, 0.3) is 0 Å². The van der Waals surface area contributed by atoms with Gasteiger partial charge in [0, 0.05) is 12.7 Å². The van der Waals surface area contributed by atoms with Crippen LogP contribution in [0.2, 0.25) is 0 Å².